The van der Waals surface area contributed by atoms with Crippen LogP contribution in [0.5, 0.6) is 0 Å². The molecule has 0 saturated carbocycles. The van der Waals surface area contributed by atoms with Gasteiger partial charge in [0, 0.05) is 6.04 Å². The van der Waals surface area contributed by atoms with Crippen molar-refractivity contribution in [1.82, 2.24) is 0 Å². The Balaban J connectivity index is 3.10. The van der Waals surface area contributed by atoms with E-state index < -0.39 is 10.0 Å². The minimum Gasteiger partial charge on any atom is -0.324 e. The van der Waals surface area contributed by atoms with Gasteiger partial charge in [-0.25, -0.2) is 8.42 Å². The van der Waals surface area contributed by atoms with Crippen LogP contribution in [0.25, 0.3) is 0 Å². The lowest BCUT2D eigenvalue weighted by Crippen LogP contribution is -2.13. The Morgan fingerprint density at radius 3 is 2.47 bits per heavy atom. The quantitative estimate of drug-likeness (QED) is 0.846. The molecule has 17 heavy (non-hydrogen) atoms. The van der Waals surface area contributed by atoms with Crippen LogP contribution in [0.1, 0.15) is 37.4 Å². The van der Waals surface area contributed by atoms with Crippen molar-refractivity contribution < 1.29 is 8.42 Å². The number of nitrogens with one attached hydrogen (secondary N) is 1. The second-order valence-corrected chi connectivity index (χ2v) is 5.91. The zero-order chi connectivity index (χ0) is 13.1. The molecule has 1 rings (SSSR count). The number of hydrogen-bond donors (Lipinski definition) is 2. The van der Waals surface area contributed by atoms with Gasteiger partial charge in [-0.1, -0.05) is 26.0 Å². The van der Waals surface area contributed by atoms with Gasteiger partial charge in [-0.3, -0.25) is 4.72 Å². The molecule has 0 aromatic heterocycles. The Kier molecular flexibility index (Phi) is 4.54. The van der Waals surface area contributed by atoms with Gasteiger partial charge in [-0.2, -0.15) is 0 Å². The third kappa shape index (κ3) is 4.02. The highest BCUT2D eigenvalue weighted by molar-refractivity contribution is 7.92. The van der Waals surface area contributed by atoms with Crippen LogP contribution >= 0.6 is 0 Å². The zero-order valence-corrected chi connectivity index (χ0v) is 11.3. The molecule has 0 saturated heterocycles. The molecule has 0 amide bonds. The molecule has 0 aliphatic carbocycles. The number of rotatable bonds is 5. The van der Waals surface area contributed by atoms with Crippen molar-refractivity contribution in [3.05, 3.63) is 29.3 Å². The first kappa shape index (κ1) is 14.0. The third-order valence-corrected chi connectivity index (χ3v) is 3.26. The summed E-state index contributed by atoms with van der Waals surface area (Å²) in [6.45, 7) is 4.02. The molecular formula is C12H20N2O2S. The van der Waals surface area contributed by atoms with Gasteiger partial charge < -0.3 is 5.73 Å². The average Bonchev–Trinajstić information content (AvgIpc) is 2.26. The number of hydrogen-bond acceptors (Lipinski definition) is 3. The van der Waals surface area contributed by atoms with E-state index in [0.29, 0.717) is 5.69 Å². The second-order valence-electron chi connectivity index (χ2n) is 4.16. The van der Waals surface area contributed by atoms with Gasteiger partial charge in [0.25, 0.3) is 0 Å². The maximum Gasteiger partial charge on any atom is 0.229 e. The van der Waals surface area contributed by atoms with Crippen molar-refractivity contribution in [3.8, 4) is 0 Å². The summed E-state index contributed by atoms with van der Waals surface area (Å²) in [5.74, 6) is 0. The van der Waals surface area contributed by atoms with Crippen molar-refractivity contribution in [3.63, 3.8) is 0 Å². The van der Waals surface area contributed by atoms with Crippen LogP contribution in [0.4, 0.5) is 5.69 Å². The molecule has 0 radical (unpaired) electrons. The minimum atomic E-state index is -3.23. The highest BCUT2D eigenvalue weighted by Crippen LogP contribution is 2.23. The van der Waals surface area contributed by atoms with Gasteiger partial charge in [-0.15, -0.1) is 0 Å². The predicted molar refractivity (Wildman–Crippen MR) is 71.5 cm³/mol. The fourth-order valence-electron chi connectivity index (χ4n) is 1.67. The maximum absolute atomic E-state index is 11.2. The monoisotopic (exact) mass is 256 g/mol. The molecule has 0 fully saturated rings. The molecule has 0 spiro atoms. The fraction of sp³-hybridized carbons (Fsp3) is 0.500. The van der Waals surface area contributed by atoms with Crippen LogP contribution < -0.4 is 10.5 Å². The van der Waals surface area contributed by atoms with Crippen molar-refractivity contribution in [2.45, 2.75) is 32.7 Å². The van der Waals surface area contributed by atoms with E-state index in [1.54, 1.807) is 6.07 Å². The van der Waals surface area contributed by atoms with E-state index >= 15 is 0 Å². The first-order valence-electron chi connectivity index (χ1n) is 5.73. The Morgan fingerprint density at radius 1 is 1.35 bits per heavy atom. The molecule has 1 aromatic rings. The lowest BCUT2D eigenvalue weighted by Gasteiger charge is -2.14. The minimum absolute atomic E-state index is 0.00702. The molecule has 0 aliphatic heterocycles. The molecule has 0 bridgehead atoms. The predicted octanol–water partition coefficient (Wildman–Crippen LogP) is 2.03. The summed E-state index contributed by atoms with van der Waals surface area (Å²) in [4.78, 5) is 0. The molecule has 1 aromatic carbocycles. The largest absolute Gasteiger partial charge is 0.324 e. The van der Waals surface area contributed by atoms with Gasteiger partial charge in [0.15, 0.2) is 0 Å². The average molecular weight is 256 g/mol. The number of anilines is 1. The molecule has 0 heterocycles. The Morgan fingerprint density at radius 2 is 2.00 bits per heavy atom. The number of sulfonamides is 1. The summed E-state index contributed by atoms with van der Waals surface area (Å²) in [5.41, 5.74) is 8.61. The Labute approximate surface area is 103 Å². The van der Waals surface area contributed by atoms with Gasteiger partial charge in [-0.05, 0) is 30.0 Å². The van der Waals surface area contributed by atoms with Crippen LogP contribution in [0.15, 0.2) is 18.2 Å². The van der Waals surface area contributed by atoms with E-state index in [2.05, 4.69) is 4.72 Å². The Bertz CT molecular complexity index is 483. The SMILES string of the molecule is CCc1cc(C(N)CC)ccc1NS(C)(=O)=O. The lowest BCUT2D eigenvalue weighted by molar-refractivity contribution is 0.606. The normalized spacial score (nSPS) is 13.4. The van der Waals surface area contributed by atoms with E-state index in [1.807, 2.05) is 26.0 Å². The molecular weight excluding hydrogens is 236 g/mol. The number of benzene rings is 1. The summed E-state index contributed by atoms with van der Waals surface area (Å²) in [5, 5.41) is 0. The molecule has 0 aliphatic rings. The Hall–Kier alpha value is -1.07. The fourth-order valence-corrected chi connectivity index (χ4v) is 2.27. The molecule has 1 atom stereocenters. The summed E-state index contributed by atoms with van der Waals surface area (Å²) < 4.78 is 24.9. The number of aryl methyl sites for hydroxylation is 1. The summed E-state index contributed by atoms with van der Waals surface area (Å²) in [6, 6.07) is 5.64. The maximum atomic E-state index is 11.2. The summed E-state index contributed by atoms with van der Waals surface area (Å²) in [7, 11) is -3.23. The summed E-state index contributed by atoms with van der Waals surface area (Å²) >= 11 is 0. The van der Waals surface area contributed by atoms with E-state index in [4.69, 9.17) is 5.73 Å². The van der Waals surface area contributed by atoms with Crippen LogP contribution in [-0.2, 0) is 16.4 Å². The van der Waals surface area contributed by atoms with Crippen LogP contribution in [-0.4, -0.2) is 14.7 Å². The zero-order valence-electron chi connectivity index (χ0n) is 10.5. The van der Waals surface area contributed by atoms with Crippen molar-refractivity contribution in [2.24, 2.45) is 5.73 Å². The van der Waals surface area contributed by atoms with E-state index in [9.17, 15) is 8.42 Å². The lowest BCUT2D eigenvalue weighted by atomic mass is 10.0. The van der Waals surface area contributed by atoms with E-state index in [-0.39, 0.29) is 6.04 Å². The van der Waals surface area contributed by atoms with Gasteiger partial charge in [0.2, 0.25) is 10.0 Å². The standard InChI is InChI=1S/C12H20N2O2S/c1-4-9-8-10(11(13)5-2)6-7-12(9)14-17(3,15)16/h6-8,11,14H,4-5,13H2,1-3H3. The van der Waals surface area contributed by atoms with Gasteiger partial charge in [0.1, 0.15) is 0 Å². The molecule has 1 unspecified atom stereocenters. The van der Waals surface area contributed by atoms with Gasteiger partial charge in [0.05, 0.1) is 11.9 Å². The van der Waals surface area contributed by atoms with E-state index in [1.165, 1.54) is 0 Å². The van der Waals surface area contributed by atoms with Crippen LogP contribution in [0.2, 0.25) is 0 Å². The van der Waals surface area contributed by atoms with Crippen molar-refractivity contribution in [2.75, 3.05) is 11.0 Å². The van der Waals surface area contributed by atoms with Gasteiger partial charge >= 0.3 is 0 Å². The molecule has 5 heteroatoms. The highest BCUT2D eigenvalue weighted by atomic mass is 32.2. The molecule has 3 N–H and O–H groups in total. The van der Waals surface area contributed by atoms with Crippen molar-refractivity contribution in [1.29, 1.82) is 0 Å². The topological polar surface area (TPSA) is 72.2 Å². The number of nitrogens with two attached hydrogens (primary N) is 1. The van der Waals surface area contributed by atoms with Crippen molar-refractivity contribution >= 4 is 15.7 Å². The first-order chi connectivity index (χ1) is 7.87. The van der Waals surface area contributed by atoms with Crippen LogP contribution in [0.3, 0.4) is 0 Å². The molecule has 96 valence electrons. The second kappa shape index (κ2) is 5.51. The smallest absolute Gasteiger partial charge is 0.229 e. The van der Waals surface area contributed by atoms with E-state index in [0.717, 1.165) is 30.2 Å². The highest BCUT2D eigenvalue weighted by Gasteiger charge is 2.09. The first-order valence-corrected chi connectivity index (χ1v) is 7.62. The summed E-state index contributed by atoms with van der Waals surface area (Å²) in [6.07, 6.45) is 2.78. The third-order valence-electron chi connectivity index (χ3n) is 2.67. The van der Waals surface area contributed by atoms with Crippen LogP contribution in [0, 0.1) is 0 Å². The molecule has 4 nitrogen and oxygen atoms in total.